The van der Waals surface area contributed by atoms with E-state index in [2.05, 4.69) is 37.9 Å². The number of hydrogen-bond acceptors (Lipinski definition) is 6. The molecule has 0 atom stereocenters. The second kappa shape index (κ2) is 10.3. The Labute approximate surface area is 197 Å². The Morgan fingerprint density at radius 2 is 1.81 bits per heavy atom. The van der Waals surface area contributed by atoms with Crippen LogP contribution in [0, 0.1) is 0 Å². The average Bonchev–Trinajstić information content (AvgIpc) is 3.05. The average molecular weight is 475 g/mol. The van der Waals surface area contributed by atoms with Crippen molar-refractivity contribution in [2.75, 3.05) is 20.3 Å². The van der Waals surface area contributed by atoms with Gasteiger partial charge in [0.15, 0.2) is 16.7 Å². The monoisotopic (exact) mass is 474 g/mol. The molecule has 0 saturated heterocycles. The molecule has 6 nitrogen and oxygen atoms in total. The largest absolute Gasteiger partial charge is 0.493 e. The molecule has 8 heteroatoms. The molecule has 0 saturated carbocycles. The Bertz CT molecular complexity index is 1040. The van der Waals surface area contributed by atoms with E-state index in [1.807, 2.05) is 12.1 Å². The van der Waals surface area contributed by atoms with Crippen molar-refractivity contribution < 1.29 is 19.0 Å². The summed E-state index contributed by atoms with van der Waals surface area (Å²) < 4.78 is 17.1. The van der Waals surface area contributed by atoms with E-state index in [1.54, 1.807) is 18.2 Å². The molecule has 2 N–H and O–H groups in total. The van der Waals surface area contributed by atoms with Gasteiger partial charge in [-0.25, -0.2) is 0 Å². The molecule has 1 aliphatic heterocycles. The van der Waals surface area contributed by atoms with E-state index in [0.717, 1.165) is 17.5 Å². The van der Waals surface area contributed by atoms with Gasteiger partial charge in [-0.3, -0.25) is 4.79 Å². The minimum atomic E-state index is -0.365. The highest BCUT2D eigenvalue weighted by Crippen LogP contribution is 2.38. The molecule has 0 fully saturated rings. The number of amidine groups is 1. The first-order valence-electron chi connectivity index (χ1n) is 10.2. The number of benzene rings is 2. The lowest BCUT2D eigenvalue weighted by molar-refractivity contribution is -0.113. The van der Waals surface area contributed by atoms with Crippen LogP contribution >= 0.6 is 23.4 Å². The number of halogens is 1. The van der Waals surface area contributed by atoms with Gasteiger partial charge in [0.2, 0.25) is 0 Å². The summed E-state index contributed by atoms with van der Waals surface area (Å²) in [7, 11) is 1.54. The molecule has 1 heterocycles. The Kier molecular flexibility index (Phi) is 7.74. The molecular formula is C24H27ClN2O4S. The number of methoxy groups -OCH3 is 1. The van der Waals surface area contributed by atoms with E-state index in [0.29, 0.717) is 46.6 Å². The van der Waals surface area contributed by atoms with Gasteiger partial charge in [0.1, 0.15) is 5.75 Å². The van der Waals surface area contributed by atoms with Crippen LogP contribution in [0.5, 0.6) is 17.2 Å². The fourth-order valence-corrected chi connectivity index (χ4v) is 3.97. The van der Waals surface area contributed by atoms with Crippen molar-refractivity contribution >= 4 is 40.5 Å². The SMILES string of the molecule is COc1cc(/C=C2\SC(N)=NC2=O)cc(Cl)c1OCCCOc1ccc(C(C)(C)C)cc1. The van der Waals surface area contributed by atoms with Crippen LogP contribution in [0.1, 0.15) is 38.3 Å². The lowest BCUT2D eigenvalue weighted by atomic mass is 9.87. The van der Waals surface area contributed by atoms with Gasteiger partial charge in [-0.15, -0.1) is 0 Å². The molecule has 1 aliphatic rings. The number of rotatable bonds is 8. The second-order valence-electron chi connectivity index (χ2n) is 8.22. The first-order valence-corrected chi connectivity index (χ1v) is 11.4. The second-order valence-corrected chi connectivity index (χ2v) is 9.69. The lowest BCUT2D eigenvalue weighted by Crippen LogP contribution is -2.10. The predicted octanol–water partition coefficient (Wildman–Crippen LogP) is 5.42. The zero-order valence-electron chi connectivity index (χ0n) is 18.6. The summed E-state index contributed by atoms with van der Waals surface area (Å²) in [4.78, 5) is 15.9. The summed E-state index contributed by atoms with van der Waals surface area (Å²) >= 11 is 7.54. The van der Waals surface area contributed by atoms with Crippen LogP contribution in [0.2, 0.25) is 5.02 Å². The molecule has 0 bridgehead atoms. The van der Waals surface area contributed by atoms with Gasteiger partial charge in [0.25, 0.3) is 5.91 Å². The van der Waals surface area contributed by atoms with E-state index < -0.39 is 0 Å². The highest BCUT2D eigenvalue weighted by molar-refractivity contribution is 8.18. The molecule has 0 aromatic heterocycles. The van der Waals surface area contributed by atoms with Crippen LogP contribution in [-0.2, 0) is 10.2 Å². The van der Waals surface area contributed by atoms with Crippen molar-refractivity contribution in [3.8, 4) is 17.2 Å². The minimum Gasteiger partial charge on any atom is -0.493 e. The third-order valence-electron chi connectivity index (χ3n) is 4.71. The Balaban J connectivity index is 1.55. The Morgan fingerprint density at radius 3 is 2.41 bits per heavy atom. The third kappa shape index (κ3) is 6.20. The molecule has 0 spiro atoms. The molecule has 170 valence electrons. The number of thioether (sulfide) groups is 1. The predicted molar refractivity (Wildman–Crippen MR) is 131 cm³/mol. The van der Waals surface area contributed by atoms with Crippen LogP contribution in [-0.4, -0.2) is 31.4 Å². The summed E-state index contributed by atoms with van der Waals surface area (Å²) in [5, 5.41) is 0.617. The van der Waals surface area contributed by atoms with Gasteiger partial charge in [0.05, 0.1) is 30.3 Å². The van der Waals surface area contributed by atoms with Crippen LogP contribution in [0.15, 0.2) is 46.3 Å². The van der Waals surface area contributed by atoms with E-state index in [9.17, 15) is 4.79 Å². The fraction of sp³-hybridized carbons (Fsp3) is 0.333. The van der Waals surface area contributed by atoms with Crippen molar-refractivity contribution in [2.24, 2.45) is 10.7 Å². The smallest absolute Gasteiger partial charge is 0.286 e. The highest BCUT2D eigenvalue weighted by Gasteiger charge is 2.20. The van der Waals surface area contributed by atoms with Crippen molar-refractivity contribution in [3.05, 3.63) is 57.5 Å². The van der Waals surface area contributed by atoms with Crippen molar-refractivity contribution in [2.45, 2.75) is 32.6 Å². The van der Waals surface area contributed by atoms with E-state index >= 15 is 0 Å². The molecule has 32 heavy (non-hydrogen) atoms. The van der Waals surface area contributed by atoms with Gasteiger partial charge in [-0.05, 0) is 58.6 Å². The molecule has 2 aromatic rings. The van der Waals surface area contributed by atoms with Gasteiger partial charge >= 0.3 is 0 Å². The van der Waals surface area contributed by atoms with Gasteiger partial charge in [-0.2, -0.15) is 4.99 Å². The standard InChI is InChI=1S/C24H27ClN2O4S/c1-24(2,3)16-6-8-17(9-7-16)30-10-5-11-31-21-18(25)12-15(13-19(21)29-4)14-20-22(28)27-23(26)32-20/h6-9,12-14H,5,10-11H2,1-4H3,(H2,26,27,28)/b20-14-. The van der Waals surface area contributed by atoms with Crippen molar-refractivity contribution in [1.82, 2.24) is 0 Å². The van der Waals surface area contributed by atoms with Crippen LogP contribution < -0.4 is 19.9 Å². The Hall–Kier alpha value is -2.64. The first-order chi connectivity index (χ1) is 15.2. The van der Waals surface area contributed by atoms with Crippen LogP contribution in [0.3, 0.4) is 0 Å². The summed E-state index contributed by atoms with van der Waals surface area (Å²) in [5.41, 5.74) is 7.67. The summed E-state index contributed by atoms with van der Waals surface area (Å²) in [5.74, 6) is 1.39. The van der Waals surface area contributed by atoms with Gasteiger partial charge < -0.3 is 19.9 Å². The van der Waals surface area contributed by atoms with Crippen molar-refractivity contribution in [3.63, 3.8) is 0 Å². The number of carbonyl (C=O) groups excluding carboxylic acids is 1. The minimum absolute atomic E-state index is 0.114. The maximum Gasteiger partial charge on any atom is 0.286 e. The maximum atomic E-state index is 11.8. The third-order valence-corrected chi connectivity index (χ3v) is 5.80. The zero-order valence-corrected chi connectivity index (χ0v) is 20.2. The normalized spacial score (nSPS) is 15.1. The topological polar surface area (TPSA) is 83.1 Å². The fourth-order valence-electron chi connectivity index (χ4n) is 3.01. The zero-order chi connectivity index (χ0) is 23.3. The summed E-state index contributed by atoms with van der Waals surface area (Å²) in [6.45, 7) is 7.47. The lowest BCUT2D eigenvalue weighted by Gasteiger charge is -2.19. The summed E-state index contributed by atoms with van der Waals surface area (Å²) in [6.07, 6.45) is 2.35. The maximum absolute atomic E-state index is 11.8. The number of ether oxygens (including phenoxy) is 3. The highest BCUT2D eigenvalue weighted by atomic mass is 35.5. The number of amides is 1. The molecule has 0 aliphatic carbocycles. The van der Waals surface area contributed by atoms with Crippen LogP contribution in [0.4, 0.5) is 0 Å². The number of carbonyl (C=O) groups is 1. The number of aliphatic imine (C=N–C) groups is 1. The number of hydrogen-bond donors (Lipinski definition) is 1. The summed E-state index contributed by atoms with van der Waals surface area (Å²) in [6, 6.07) is 11.6. The van der Waals surface area contributed by atoms with Crippen LogP contribution in [0.25, 0.3) is 6.08 Å². The molecule has 3 rings (SSSR count). The molecule has 0 unspecified atom stereocenters. The molecule has 1 amide bonds. The molecule has 0 radical (unpaired) electrons. The quantitative estimate of drug-likeness (QED) is 0.406. The van der Waals surface area contributed by atoms with Crippen molar-refractivity contribution in [1.29, 1.82) is 0 Å². The molecular weight excluding hydrogens is 448 g/mol. The van der Waals surface area contributed by atoms with E-state index in [-0.39, 0.29) is 16.5 Å². The van der Waals surface area contributed by atoms with Gasteiger partial charge in [0, 0.05) is 6.42 Å². The molecule has 2 aromatic carbocycles. The van der Waals surface area contributed by atoms with E-state index in [1.165, 1.54) is 12.7 Å². The van der Waals surface area contributed by atoms with E-state index in [4.69, 9.17) is 31.5 Å². The number of nitrogens with zero attached hydrogens (tertiary/aromatic N) is 1. The Morgan fingerprint density at radius 1 is 1.12 bits per heavy atom. The number of nitrogens with two attached hydrogens (primary N) is 1. The van der Waals surface area contributed by atoms with Gasteiger partial charge in [-0.1, -0.05) is 44.5 Å². The first kappa shape index (κ1) is 24.0.